The van der Waals surface area contributed by atoms with Crippen molar-refractivity contribution in [2.24, 2.45) is 0 Å². The number of benzene rings is 3. The van der Waals surface area contributed by atoms with Gasteiger partial charge in [-0.3, -0.25) is 14.1 Å². The van der Waals surface area contributed by atoms with E-state index in [1.807, 2.05) is 84.4 Å². The summed E-state index contributed by atoms with van der Waals surface area (Å²) in [5, 5.41) is 4.34. The fraction of sp³-hybridized carbons (Fsp3) is 0.125. The zero-order chi connectivity index (χ0) is 28.9. The molecule has 6 rings (SSSR count). The van der Waals surface area contributed by atoms with Crippen LogP contribution in [0.15, 0.2) is 95.8 Å². The smallest absolute Gasteiger partial charge is 0.255 e. The third kappa shape index (κ3) is 4.64. The predicted molar refractivity (Wildman–Crippen MR) is 163 cm³/mol. The lowest BCUT2D eigenvalue weighted by Crippen LogP contribution is -2.25. The van der Waals surface area contributed by atoms with Gasteiger partial charge in [-0.2, -0.15) is 0 Å². The summed E-state index contributed by atoms with van der Waals surface area (Å²) in [7, 11) is -0.529. The van der Waals surface area contributed by atoms with Gasteiger partial charge >= 0.3 is 0 Å². The molecule has 0 fully saturated rings. The zero-order valence-electron chi connectivity index (χ0n) is 23.0. The Labute approximate surface area is 237 Å². The standard InChI is InChI=1S/C32H28N4O4S/c1-20-7-9-22(10-8-20)31-30(32(37)33-2)26-17-25(28(18-29(26)40-31)35(3)41(4,38)39)23-12-11-21-13-15-36(27(21)16-23)24-6-5-14-34-19-24/h5-19H,1-4H3,(H,33,37). The number of aryl methyl sites for hydroxylation is 1. The van der Waals surface area contributed by atoms with E-state index in [2.05, 4.69) is 10.3 Å². The van der Waals surface area contributed by atoms with Crippen LogP contribution in [0.3, 0.4) is 0 Å². The molecule has 0 spiro atoms. The van der Waals surface area contributed by atoms with Crippen LogP contribution in [0.2, 0.25) is 0 Å². The second-order valence-corrected chi connectivity index (χ2v) is 12.0. The fourth-order valence-electron chi connectivity index (χ4n) is 5.08. The number of carbonyl (C=O) groups is 1. The summed E-state index contributed by atoms with van der Waals surface area (Å²) in [4.78, 5) is 17.5. The molecule has 0 saturated heterocycles. The van der Waals surface area contributed by atoms with Crippen LogP contribution >= 0.6 is 0 Å². The Morgan fingerprint density at radius 1 is 1.00 bits per heavy atom. The van der Waals surface area contributed by atoms with Gasteiger partial charge in [0, 0.05) is 49.1 Å². The Morgan fingerprint density at radius 2 is 1.76 bits per heavy atom. The van der Waals surface area contributed by atoms with Gasteiger partial charge < -0.3 is 14.3 Å². The highest BCUT2D eigenvalue weighted by atomic mass is 32.2. The van der Waals surface area contributed by atoms with Crippen molar-refractivity contribution in [3.63, 3.8) is 0 Å². The average molecular weight is 565 g/mol. The number of nitrogens with zero attached hydrogens (tertiary/aromatic N) is 3. The molecular formula is C32H28N4O4S. The lowest BCUT2D eigenvalue weighted by Gasteiger charge is -2.21. The summed E-state index contributed by atoms with van der Waals surface area (Å²) in [6.45, 7) is 1.99. The number of aromatic nitrogens is 2. The Balaban J connectivity index is 1.64. The Morgan fingerprint density at radius 3 is 2.44 bits per heavy atom. The molecule has 1 N–H and O–H groups in total. The number of hydrogen-bond donors (Lipinski definition) is 1. The normalized spacial score (nSPS) is 11.7. The molecule has 6 aromatic rings. The lowest BCUT2D eigenvalue weighted by atomic mass is 9.97. The van der Waals surface area contributed by atoms with Crippen molar-refractivity contribution >= 4 is 43.5 Å². The van der Waals surface area contributed by atoms with Crippen LogP contribution in [0.25, 0.3) is 50.0 Å². The number of amides is 1. The number of anilines is 1. The van der Waals surface area contributed by atoms with Gasteiger partial charge in [0.25, 0.3) is 5.91 Å². The number of sulfonamides is 1. The first-order valence-electron chi connectivity index (χ1n) is 13.0. The maximum Gasteiger partial charge on any atom is 0.255 e. The van der Waals surface area contributed by atoms with Gasteiger partial charge in [-0.25, -0.2) is 8.42 Å². The van der Waals surface area contributed by atoms with E-state index in [4.69, 9.17) is 4.42 Å². The highest BCUT2D eigenvalue weighted by molar-refractivity contribution is 7.92. The van der Waals surface area contributed by atoms with E-state index in [0.717, 1.165) is 39.5 Å². The van der Waals surface area contributed by atoms with Crippen molar-refractivity contribution < 1.29 is 17.6 Å². The van der Waals surface area contributed by atoms with Crippen molar-refractivity contribution in [1.82, 2.24) is 14.9 Å². The molecule has 8 nitrogen and oxygen atoms in total. The van der Waals surface area contributed by atoms with Gasteiger partial charge in [-0.05, 0) is 48.2 Å². The second kappa shape index (κ2) is 9.94. The van der Waals surface area contributed by atoms with Gasteiger partial charge in [0.15, 0.2) is 0 Å². The van der Waals surface area contributed by atoms with Crippen molar-refractivity contribution in [3.8, 4) is 28.1 Å². The summed E-state index contributed by atoms with van der Waals surface area (Å²) in [6, 6.07) is 23.1. The van der Waals surface area contributed by atoms with Gasteiger partial charge in [-0.1, -0.05) is 42.0 Å². The first-order chi connectivity index (χ1) is 19.7. The molecule has 1 amide bonds. The highest BCUT2D eigenvalue weighted by Gasteiger charge is 2.26. The second-order valence-electron chi connectivity index (χ2n) is 10.0. The van der Waals surface area contributed by atoms with Crippen molar-refractivity contribution in [3.05, 3.63) is 103 Å². The number of rotatable bonds is 6. The minimum absolute atomic E-state index is 0.296. The number of pyridine rings is 1. The van der Waals surface area contributed by atoms with Gasteiger partial charge in [0.2, 0.25) is 10.0 Å². The molecule has 9 heteroatoms. The van der Waals surface area contributed by atoms with Crippen LogP contribution in [0.4, 0.5) is 5.69 Å². The summed E-state index contributed by atoms with van der Waals surface area (Å²) >= 11 is 0. The quantitative estimate of drug-likeness (QED) is 0.261. The molecule has 0 unspecified atom stereocenters. The van der Waals surface area contributed by atoms with E-state index >= 15 is 0 Å². The Kier molecular flexibility index (Phi) is 6.38. The molecule has 206 valence electrons. The van der Waals surface area contributed by atoms with Crippen molar-refractivity contribution in [1.29, 1.82) is 0 Å². The molecule has 0 saturated carbocycles. The highest BCUT2D eigenvalue weighted by Crippen LogP contribution is 2.42. The number of carbonyl (C=O) groups excluding carboxylic acids is 1. The minimum Gasteiger partial charge on any atom is -0.455 e. The molecular weight excluding hydrogens is 536 g/mol. The number of fused-ring (bicyclic) bond motifs is 2. The van der Waals surface area contributed by atoms with E-state index in [1.54, 1.807) is 25.5 Å². The summed E-state index contributed by atoms with van der Waals surface area (Å²) in [5.74, 6) is 0.126. The maximum absolute atomic E-state index is 13.2. The lowest BCUT2D eigenvalue weighted by molar-refractivity contribution is 0.0964. The molecule has 0 bridgehead atoms. The van der Waals surface area contributed by atoms with Crippen LogP contribution in [0, 0.1) is 6.92 Å². The summed E-state index contributed by atoms with van der Waals surface area (Å²) in [5.41, 5.74) is 6.34. The molecule has 0 atom stereocenters. The molecule has 3 aromatic heterocycles. The molecule has 3 heterocycles. The number of hydrogen-bond acceptors (Lipinski definition) is 5. The molecule has 3 aromatic carbocycles. The van der Waals surface area contributed by atoms with Crippen LogP contribution < -0.4 is 9.62 Å². The topological polar surface area (TPSA) is 97.4 Å². The fourth-order valence-corrected chi connectivity index (χ4v) is 5.59. The van der Waals surface area contributed by atoms with E-state index in [0.29, 0.717) is 33.5 Å². The maximum atomic E-state index is 13.2. The molecule has 0 radical (unpaired) electrons. The van der Waals surface area contributed by atoms with Gasteiger partial charge in [-0.15, -0.1) is 0 Å². The van der Waals surface area contributed by atoms with E-state index < -0.39 is 10.0 Å². The van der Waals surface area contributed by atoms with Crippen LogP contribution in [-0.2, 0) is 10.0 Å². The predicted octanol–water partition coefficient (Wildman–Crippen LogP) is 6.17. The van der Waals surface area contributed by atoms with E-state index in [9.17, 15) is 13.2 Å². The number of nitrogens with one attached hydrogen (secondary N) is 1. The molecule has 0 aliphatic rings. The first-order valence-corrected chi connectivity index (χ1v) is 14.9. The monoisotopic (exact) mass is 564 g/mol. The summed E-state index contributed by atoms with van der Waals surface area (Å²) in [6.07, 6.45) is 6.65. The van der Waals surface area contributed by atoms with Gasteiger partial charge in [0.1, 0.15) is 11.3 Å². The SMILES string of the molecule is CNC(=O)c1c(-c2ccc(C)cc2)oc2cc(N(C)S(C)(=O)=O)c(-c3ccc4ccn(-c5cccnc5)c4c3)cc12. The molecule has 0 aliphatic carbocycles. The zero-order valence-corrected chi connectivity index (χ0v) is 23.9. The van der Waals surface area contributed by atoms with Crippen LogP contribution in [0.5, 0.6) is 0 Å². The minimum atomic E-state index is -3.62. The largest absolute Gasteiger partial charge is 0.455 e. The van der Waals surface area contributed by atoms with Gasteiger partial charge in [0.05, 0.1) is 34.9 Å². The van der Waals surface area contributed by atoms with Crippen LogP contribution in [0.1, 0.15) is 15.9 Å². The van der Waals surface area contributed by atoms with E-state index in [1.165, 1.54) is 11.4 Å². The molecule has 41 heavy (non-hydrogen) atoms. The van der Waals surface area contributed by atoms with Crippen molar-refractivity contribution in [2.45, 2.75) is 6.92 Å². The third-order valence-electron chi connectivity index (χ3n) is 7.34. The van der Waals surface area contributed by atoms with Crippen LogP contribution in [-0.4, -0.2) is 44.2 Å². The van der Waals surface area contributed by atoms with Crippen molar-refractivity contribution in [2.75, 3.05) is 24.7 Å². The van der Waals surface area contributed by atoms with E-state index in [-0.39, 0.29) is 5.91 Å². The summed E-state index contributed by atoms with van der Waals surface area (Å²) < 4.78 is 35.1. The first kappa shape index (κ1) is 26.3. The Hall–Kier alpha value is -4.89. The molecule has 0 aliphatic heterocycles. The Bertz CT molecular complexity index is 2040. The average Bonchev–Trinajstić information content (AvgIpc) is 3.57. The third-order valence-corrected chi connectivity index (χ3v) is 8.53. The number of furan rings is 1.